The number of aromatic nitrogens is 2. The summed E-state index contributed by atoms with van der Waals surface area (Å²) in [6.45, 7) is 7.25. The third-order valence-electron chi connectivity index (χ3n) is 7.29. The van der Waals surface area contributed by atoms with Crippen molar-refractivity contribution in [3.8, 4) is 5.75 Å². The van der Waals surface area contributed by atoms with Gasteiger partial charge in [0.1, 0.15) is 17.9 Å². The first-order chi connectivity index (χ1) is 21.4. The monoisotopic (exact) mass is 642 g/mol. The van der Waals surface area contributed by atoms with Gasteiger partial charge < -0.3 is 24.8 Å². The summed E-state index contributed by atoms with van der Waals surface area (Å²) < 4.78 is 18.5. The first-order valence-corrected chi connectivity index (χ1v) is 15.4. The number of esters is 2. The highest BCUT2D eigenvalue weighted by Crippen LogP contribution is 2.26. The fourth-order valence-electron chi connectivity index (χ4n) is 4.66. The van der Waals surface area contributed by atoms with E-state index in [0.717, 1.165) is 5.56 Å². The molecule has 0 aliphatic carbocycles. The predicted octanol–water partition coefficient (Wildman–Crippen LogP) is 4.04. The van der Waals surface area contributed by atoms with E-state index in [0.29, 0.717) is 16.3 Å². The number of nitrogens with zero attached hydrogens (tertiary/aromatic N) is 2. The summed E-state index contributed by atoms with van der Waals surface area (Å²) in [6, 6.07) is 4.14. The summed E-state index contributed by atoms with van der Waals surface area (Å²) in [5.74, 6) is -2.82. The van der Waals surface area contributed by atoms with E-state index in [9.17, 15) is 19.2 Å². The van der Waals surface area contributed by atoms with Gasteiger partial charge in [-0.1, -0.05) is 63.6 Å². The number of cyclic esters (lactones) is 2. The second kappa shape index (κ2) is 16.8. The van der Waals surface area contributed by atoms with Crippen LogP contribution in [0.5, 0.6) is 5.75 Å². The average molecular weight is 643 g/mol. The van der Waals surface area contributed by atoms with Crippen molar-refractivity contribution >= 4 is 41.4 Å². The average Bonchev–Trinajstić information content (AvgIpc) is 3.41. The molecule has 2 amide bonds. The lowest BCUT2D eigenvalue weighted by molar-refractivity contribution is -0.175. The van der Waals surface area contributed by atoms with Gasteiger partial charge in [0, 0.05) is 44.1 Å². The number of aryl methyl sites for hydroxylation is 1. The number of benzene rings is 1. The minimum atomic E-state index is -1.12. The number of nitrogens with one attached hydrogen (secondary N) is 2. The molecule has 3 rings (SSSR count). The van der Waals surface area contributed by atoms with Crippen LogP contribution in [0.25, 0.3) is 6.08 Å². The Labute approximate surface area is 269 Å². The third kappa shape index (κ3) is 11.1. The number of carbonyl (C=O) groups excluding carboxylic acids is 4. The van der Waals surface area contributed by atoms with Gasteiger partial charge in [-0.2, -0.15) is 5.10 Å². The molecule has 2 aromatic rings. The number of rotatable bonds is 8. The lowest BCUT2D eigenvalue weighted by Crippen LogP contribution is -2.49. The number of ether oxygens (including phenoxy) is 3. The van der Waals surface area contributed by atoms with Crippen LogP contribution in [-0.2, 0) is 42.1 Å². The Kier molecular flexibility index (Phi) is 13.2. The van der Waals surface area contributed by atoms with Crippen LogP contribution < -0.4 is 15.4 Å². The highest BCUT2D eigenvalue weighted by atomic mass is 35.5. The van der Waals surface area contributed by atoms with Crippen LogP contribution in [0.3, 0.4) is 0 Å². The van der Waals surface area contributed by atoms with Crippen molar-refractivity contribution in [2.75, 3.05) is 13.7 Å². The highest BCUT2D eigenvalue weighted by molar-refractivity contribution is 6.32. The minimum absolute atomic E-state index is 0.0353. The van der Waals surface area contributed by atoms with E-state index in [2.05, 4.69) is 15.7 Å². The van der Waals surface area contributed by atoms with Crippen molar-refractivity contribution in [1.29, 1.82) is 0 Å². The van der Waals surface area contributed by atoms with Gasteiger partial charge >= 0.3 is 11.9 Å². The summed E-state index contributed by atoms with van der Waals surface area (Å²) in [4.78, 5) is 52.7. The van der Waals surface area contributed by atoms with Crippen molar-refractivity contribution < 1.29 is 33.4 Å². The van der Waals surface area contributed by atoms with E-state index in [4.69, 9.17) is 25.8 Å². The first-order valence-electron chi connectivity index (χ1n) is 15.0. The Balaban J connectivity index is 1.89. The molecule has 0 radical (unpaired) electrons. The molecule has 1 aromatic carbocycles. The minimum Gasteiger partial charge on any atom is -0.495 e. The van der Waals surface area contributed by atoms with E-state index in [-0.39, 0.29) is 37.6 Å². The zero-order chi connectivity index (χ0) is 33.1. The fourth-order valence-corrected chi connectivity index (χ4v) is 4.94. The maximum Gasteiger partial charge on any atom is 0.347 e. The maximum atomic E-state index is 13.4. The first kappa shape index (κ1) is 35.4. The van der Waals surface area contributed by atoms with E-state index in [1.807, 2.05) is 46.2 Å². The molecular weight excluding hydrogens is 600 g/mol. The molecule has 11 nitrogen and oxygen atoms in total. The van der Waals surface area contributed by atoms with E-state index in [1.165, 1.54) is 13.2 Å². The van der Waals surface area contributed by atoms with Crippen molar-refractivity contribution in [1.82, 2.24) is 20.4 Å². The summed E-state index contributed by atoms with van der Waals surface area (Å²) >= 11 is 6.29. The molecule has 0 saturated carbocycles. The molecule has 0 spiro atoms. The Morgan fingerprint density at radius 1 is 1.16 bits per heavy atom. The lowest BCUT2D eigenvalue weighted by Gasteiger charge is -2.26. The molecule has 2 N–H and O–H groups in total. The van der Waals surface area contributed by atoms with Gasteiger partial charge in [0.15, 0.2) is 6.10 Å². The van der Waals surface area contributed by atoms with Crippen LogP contribution >= 0.6 is 11.6 Å². The molecule has 12 heteroatoms. The van der Waals surface area contributed by atoms with Crippen LogP contribution in [-0.4, -0.2) is 65.4 Å². The van der Waals surface area contributed by atoms with E-state index < -0.39 is 47.9 Å². The van der Waals surface area contributed by atoms with Crippen LogP contribution in [0.1, 0.15) is 51.7 Å². The Morgan fingerprint density at radius 3 is 2.56 bits per heavy atom. The van der Waals surface area contributed by atoms with Crippen molar-refractivity contribution in [3.05, 3.63) is 65.0 Å². The maximum absolute atomic E-state index is 13.4. The quantitative estimate of drug-likeness (QED) is 0.412. The Morgan fingerprint density at radius 2 is 1.91 bits per heavy atom. The smallest absolute Gasteiger partial charge is 0.347 e. The van der Waals surface area contributed by atoms with Gasteiger partial charge in [0.2, 0.25) is 11.8 Å². The molecule has 244 valence electrons. The molecule has 1 aliphatic rings. The van der Waals surface area contributed by atoms with E-state index in [1.54, 1.807) is 42.1 Å². The zero-order valence-electron chi connectivity index (χ0n) is 26.6. The largest absolute Gasteiger partial charge is 0.495 e. The molecule has 0 bridgehead atoms. The number of hydrogen-bond donors (Lipinski definition) is 2. The molecule has 5 atom stereocenters. The summed E-state index contributed by atoms with van der Waals surface area (Å²) in [5.41, 5.74) is 1.58. The fraction of sp³-hybridized carbons (Fsp3) is 0.485. The molecule has 2 heterocycles. The molecule has 0 unspecified atom stereocenters. The predicted molar refractivity (Wildman–Crippen MR) is 170 cm³/mol. The molecule has 0 fully saturated rings. The number of hydrogen-bond acceptors (Lipinski definition) is 8. The zero-order valence-corrected chi connectivity index (χ0v) is 27.4. The number of methoxy groups -OCH3 is 1. The normalized spacial score (nSPS) is 23.6. The molecule has 0 saturated heterocycles. The van der Waals surface area contributed by atoms with E-state index >= 15 is 0 Å². The van der Waals surface area contributed by atoms with Crippen LogP contribution in [0.4, 0.5) is 0 Å². The summed E-state index contributed by atoms with van der Waals surface area (Å²) in [6.07, 6.45) is 9.06. The third-order valence-corrected chi connectivity index (χ3v) is 7.58. The van der Waals surface area contributed by atoms with Gasteiger partial charge in [-0.15, -0.1) is 0 Å². The Bertz CT molecular complexity index is 1400. The lowest BCUT2D eigenvalue weighted by atomic mass is 9.99. The van der Waals surface area contributed by atoms with Gasteiger partial charge in [-0.25, -0.2) is 4.79 Å². The highest BCUT2D eigenvalue weighted by Gasteiger charge is 2.31. The molecule has 45 heavy (non-hydrogen) atoms. The van der Waals surface area contributed by atoms with Crippen LogP contribution in [0.2, 0.25) is 5.02 Å². The second-order valence-electron chi connectivity index (χ2n) is 11.7. The van der Waals surface area contributed by atoms with Gasteiger partial charge in [0.25, 0.3) is 0 Å². The standard InChI is InChI=1S/C33H43ClN4O7/c1-20(2)14-29-33(42)44-27(21(3)10-11-24-18-36-38(5)19-24)8-7-9-30(39)37-26(31(40)35-17-22(4)32(41)45-29)16-23-12-13-28(43-6)25(34)15-23/h7,9-13,15,18-22,26-27,29H,8,14,16-17H2,1-6H3,(H,35,40)(H,37,39)/b9-7+,11-10+/t21-,22-,26-,27+,29+/m1/s1. The van der Waals surface area contributed by atoms with Crippen molar-refractivity contribution in [2.45, 2.75) is 65.2 Å². The van der Waals surface area contributed by atoms with Gasteiger partial charge in [-0.3, -0.25) is 19.1 Å². The number of halogens is 1. The van der Waals surface area contributed by atoms with Crippen LogP contribution in [0, 0.1) is 17.8 Å². The van der Waals surface area contributed by atoms with Crippen molar-refractivity contribution in [3.63, 3.8) is 0 Å². The molecule has 1 aliphatic heterocycles. The topological polar surface area (TPSA) is 138 Å². The number of amides is 2. The SMILES string of the molecule is COc1ccc(C[C@H]2NC(=O)/C=C/C[C@@H]([C@H](C)/C=C/c3cnn(C)c3)OC(=O)[C@H](CC(C)C)OC(=O)[C@H](C)CNC2=O)cc1Cl. The summed E-state index contributed by atoms with van der Waals surface area (Å²) in [5, 5.41) is 10.0. The van der Waals surface area contributed by atoms with Crippen LogP contribution in [0.15, 0.2) is 48.8 Å². The summed E-state index contributed by atoms with van der Waals surface area (Å²) in [7, 11) is 3.32. The van der Waals surface area contributed by atoms with Gasteiger partial charge in [0.05, 0.1) is 24.2 Å². The van der Waals surface area contributed by atoms with Crippen molar-refractivity contribution in [2.24, 2.45) is 24.8 Å². The Hall–Kier alpha value is -4.12. The molecular formula is C33H43ClN4O7. The molecule has 1 aromatic heterocycles. The second-order valence-corrected chi connectivity index (χ2v) is 12.1. The number of carbonyl (C=O) groups is 4. The van der Waals surface area contributed by atoms with Gasteiger partial charge in [-0.05, 0) is 36.1 Å².